The maximum Gasteiger partial charge on any atom is 0.228 e. The summed E-state index contributed by atoms with van der Waals surface area (Å²) in [5.41, 5.74) is 1.06. The number of amides is 2. The number of aromatic nitrogens is 1. The first-order valence-electron chi connectivity index (χ1n) is 9.09. The molecule has 1 unspecified atom stereocenters. The fraction of sp³-hybridized carbons (Fsp3) is 0.450. The Bertz CT molecular complexity index is 772. The van der Waals surface area contributed by atoms with Gasteiger partial charge in [-0.2, -0.15) is 0 Å². The highest BCUT2D eigenvalue weighted by molar-refractivity contribution is 5.84. The molecule has 1 N–H and O–H groups in total. The van der Waals surface area contributed by atoms with Gasteiger partial charge in [-0.3, -0.25) is 9.59 Å². The van der Waals surface area contributed by atoms with Crippen molar-refractivity contribution in [2.45, 2.75) is 33.1 Å². The molecule has 138 valence electrons. The lowest BCUT2D eigenvalue weighted by molar-refractivity contribution is -0.140. The number of likely N-dealkylation sites (tertiary alicyclic amines) is 1. The number of hydrogen-bond acceptors (Lipinski definition) is 4. The summed E-state index contributed by atoms with van der Waals surface area (Å²) in [6.45, 7) is 5.12. The van der Waals surface area contributed by atoms with Crippen LogP contribution < -0.4 is 5.32 Å². The van der Waals surface area contributed by atoms with Gasteiger partial charge in [-0.05, 0) is 19.8 Å². The minimum absolute atomic E-state index is 0.000850. The predicted molar refractivity (Wildman–Crippen MR) is 98.2 cm³/mol. The Kier molecular flexibility index (Phi) is 5.40. The Morgan fingerprint density at radius 2 is 2.08 bits per heavy atom. The van der Waals surface area contributed by atoms with Crippen molar-refractivity contribution in [3.63, 3.8) is 0 Å². The molecule has 26 heavy (non-hydrogen) atoms. The van der Waals surface area contributed by atoms with Crippen LogP contribution in [0.3, 0.4) is 0 Å². The van der Waals surface area contributed by atoms with Crippen molar-refractivity contribution in [3.05, 3.63) is 42.2 Å². The highest BCUT2D eigenvalue weighted by atomic mass is 16.5. The van der Waals surface area contributed by atoms with Gasteiger partial charge in [-0.25, -0.2) is 0 Å². The molecule has 0 aliphatic carbocycles. The minimum atomic E-state index is -0.673. The van der Waals surface area contributed by atoms with Gasteiger partial charge in [-0.15, -0.1) is 0 Å². The molecule has 0 saturated carbocycles. The van der Waals surface area contributed by atoms with Crippen LogP contribution in [0.2, 0.25) is 0 Å². The van der Waals surface area contributed by atoms with Crippen LogP contribution in [0.1, 0.15) is 32.4 Å². The molecular weight excluding hydrogens is 330 g/mol. The summed E-state index contributed by atoms with van der Waals surface area (Å²) in [6, 6.07) is 11.7. The monoisotopic (exact) mass is 355 g/mol. The molecule has 1 aromatic carbocycles. The first-order chi connectivity index (χ1) is 12.5. The molecule has 1 fully saturated rings. The number of piperidine rings is 1. The van der Waals surface area contributed by atoms with E-state index in [4.69, 9.17) is 4.52 Å². The first-order valence-corrected chi connectivity index (χ1v) is 9.09. The highest BCUT2D eigenvalue weighted by Crippen LogP contribution is 2.35. The molecule has 0 bridgehead atoms. The number of hydrogen-bond donors (Lipinski definition) is 1. The topological polar surface area (TPSA) is 75.4 Å². The number of rotatable bonds is 5. The lowest BCUT2D eigenvalue weighted by atomic mass is 9.75. The molecular formula is C20H25N3O3. The van der Waals surface area contributed by atoms with Gasteiger partial charge in [-0.1, -0.05) is 35.5 Å². The van der Waals surface area contributed by atoms with Crippen molar-refractivity contribution < 1.29 is 14.1 Å². The average Bonchev–Trinajstić information content (AvgIpc) is 3.11. The molecule has 6 heteroatoms. The summed E-state index contributed by atoms with van der Waals surface area (Å²) < 4.78 is 5.54. The van der Waals surface area contributed by atoms with Crippen molar-refractivity contribution >= 4 is 11.8 Å². The minimum Gasteiger partial charge on any atom is -0.361 e. The van der Waals surface area contributed by atoms with Gasteiger partial charge in [0.1, 0.15) is 11.5 Å². The average molecular weight is 355 g/mol. The largest absolute Gasteiger partial charge is 0.361 e. The van der Waals surface area contributed by atoms with Crippen molar-refractivity contribution in [1.82, 2.24) is 15.4 Å². The van der Waals surface area contributed by atoms with Crippen LogP contribution >= 0.6 is 0 Å². The number of carbonyl (C=O) groups excluding carboxylic acids is 2. The van der Waals surface area contributed by atoms with E-state index in [1.165, 1.54) is 0 Å². The Labute approximate surface area is 153 Å². The molecule has 1 saturated heterocycles. The second kappa shape index (κ2) is 7.72. The van der Waals surface area contributed by atoms with Gasteiger partial charge < -0.3 is 14.7 Å². The van der Waals surface area contributed by atoms with E-state index in [-0.39, 0.29) is 11.8 Å². The second-order valence-corrected chi connectivity index (χ2v) is 6.91. The Morgan fingerprint density at radius 3 is 2.77 bits per heavy atom. The predicted octanol–water partition coefficient (Wildman–Crippen LogP) is 2.65. The summed E-state index contributed by atoms with van der Waals surface area (Å²) in [5.74, 6) is 0.644. The smallest absolute Gasteiger partial charge is 0.228 e. The number of nitrogens with one attached hydrogen (secondary N) is 1. The fourth-order valence-electron chi connectivity index (χ4n) is 3.63. The zero-order chi connectivity index (χ0) is 18.6. The molecule has 1 aromatic heterocycles. The Hall–Kier alpha value is -2.63. The number of benzene rings is 1. The molecule has 1 aliphatic rings. The third-order valence-corrected chi connectivity index (χ3v) is 4.98. The molecule has 2 amide bonds. The van der Waals surface area contributed by atoms with Crippen LogP contribution in [-0.2, 0) is 16.0 Å². The first kappa shape index (κ1) is 18.2. The van der Waals surface area contributed by atoms with E-state index in [2.05, 4.69) is 10.5 Å². The van der Waals surface area contributed by atoms with Crippen LogP contribution in [0.25, 0.3) is 11.3 Å². The van der Waals surface area contributed by atoms with Gasteiger partial charge in [0.2, 0.25) is 11.8 Å². The van der Waals surface area contributed by atoms with Crippen molar-refractivity contribution in [2.24, 2.45) is 5.41 Å². The van der Waals surface area contributed by atoms with Crippen LogP contribution in [0, 0.1) is 5.41 Å². The number of nitrogens with zero attached hydrogens (tertiary/aromatic N) is 2. The zero-order valence-corrected chi connectivity index (χ0v) is 15.3. The highest BCUT2D eigenvalue weighted by Gasteiger charge is 2.43. The molecule has 3 rings (SSSR count). The van der Waals surface area contributed by atoms with E-state index >= 15 is 0 Å². The third-order valence-electron chi connectivity index (χ3n) is 4.98. The van der Waals surface area contributed by atoms with Gasteiger partial charge in [0, 0.05) is 44.6 Å². The van der Waals surface area contributed by atoms with Gasteiger partial charge in [0.25, 0.3) is 0 Å². The number of carbonyl (C=O) groups is 2. The van der Waals surface area contributed by atoms with Gasteiger partial charge >= 0.3 is 0 Å². The van der Waals surface area contributed by atoms with E-state index in [1.54, 1.807) is 11.8 Å². The van der Waals surface area contributed by atoms with Crippen LogP contribution in [0.15, 0.2) is 40.9 Å². The third kappa shape index (κ3) is 3.79. The standard InChI is InChI=1S/C20H25N3O3/c1-3-21-19(25)20(10-7-11-23(14-20)15(2)24)13-17-12-18(22-26-17)16-8-5-4-6-9-16/h4-6,8-9,12H,3,7,10-11,13-14H2,1-2H3,(H,21,25). The zero-order valence-electron chi connectivity index (χ0n) is 15.3. The molecule has 1 atom stereocenters. The lowest BCUT2D eigenvalue weighted by Gasteiger charge is -2.40. The van der Waals surface area contributed by atoms with Crippen molar-refractivity contribution in [2.75, 3.05) is 19.6 Å². The van der Waals surface area contributed by atoms with E-state index in [0.717, 1.165) is 24.1 Å². The molecule has 2 heterocycles. The van der Waals surface area contributed by atoms with E-state index in [0.29, 0.717) is 31.8 Å². The fourth-order valence-corrected chi connectivity index (χ4v) is 3.63. The Morgan fingerprint density at radius 1 is 1.31 bits per heavy atom. The second-order valence-electron chi connectivity index (χ2n) is 6.91. The maximum atomic E-state index is 12.9. The molecule has 2 aromatic rings. The molecule has 0 spiro atoms. The van der Waals surface area contributed by atoms with Crippen LogP contribution in [0.5, 0.6) is 0 Å². The van der Waals surface area contributed by atoms with E-state index in [9.17, 15) is 9.59 Å². The summed E-state index contributed by atoms with van der Waals surface area (Å²) in [4.78, 5) is 26.5. The van der Waals surface area contributed by atoms with Gasteiger partial charge in [0.05, 0.1) is 5.41 Å². The van der Waals surface area contributed by atoms with Crippen molar-refractivity contribution in [3.8, 4) is 11.3 Å². The van der Waals surface area contributed by atoms with E-state index in [1.807, 2.05) is 43.3 Å². The van der Waals surface area contributed by atoms with Crippen molar-refractivity contribution in [1.29, 1.82) is 0 Å². The van der Waals surface area contributed by atoms with E-state index < -0.39 is 5.41 Å². The summed E-state index contributed by atoms with van der Waals surface area (Å²) in [5, 5.41) is 7.09. The SMILES string of the molecule is CCNC(=O)C1(Cc2cc(-c3ccccc3)no2)CCCN(C(C)=O)C1. The van der Waals surface area contributed by atoms with Crippen LogP contribution in [0.4, 0.5) is 0 Å². The maximum absolute atomic E-state index is 12.9. The summed E-state index contributed by atoms with van der Waals surface area (Å²) in [6.07, 6.45) is 1.96. The van der Waals surface area contributed by atoms with Gasteiger partial charge in [0.15, 0.2) is 0 Å². The quantitative estimate of drug-likeness (QED) is 0.895. The summed E-state index contributed by atoms with van der Waals surface area (Å²) >= 11 is 0. The lowest BCUT2D eigenvalue weighted by Crippen LogP contribution is -2.54. The summed E-state index contributed by atoms with van der Waals surface area (Å²) in [7, 11) is 0. The molecule has 6 nitrogen and oxygen atoms in total. The molecule has 1 aliphatic heterocycles. The Balaban J connectivity index is 1.85. The van der Waals surface area contributed by atoms with Crippen LogP contribution in [-0.4, -0.2) is 41.5 Å². The molecule has 0 radical (unpaired) electrons. The normalized spacial score (nSPS) is 20.0.